The van der Waals surface area contributed by atoms with Crippen LogP contribution in [0.2, 0.25) is 0 Å². The van der Waals surface area contributed by atoms with Gasteiger partial charge in [-0.2, -0.15) is 13.2 Å². The molecule has 0 aliphatic heterocycles. The molecule has 0 saturated heterocycles. The Morgan fingerprint density at radius 1 is 0.929 bits per heavy atom. The maximum absolute atomic E-state index is 13.0. The van der Waals surface area contributed by atoms with E-state index < -0.39 is 41.6 Å². The third-order valence-corrected chi connectivity index (χ3v) is 3.23. The first-order chi connectivity index (χ1) is 12.5. The molecule has 1 rings (SSSR count). The number of alkyl halides is 3. The van der Waals surface area contributed by atoms with Crippen LogP contribution in [0.25, 0.3) is 0 Å². The van der Waals surface area contributed by atoms with Crippen LogP contribution in [0.5, 0.6) is 5.75 Å². The maximum atomic E-state index is 13.0. The predicted molar refractivity (Wildman–Crippen MR) is 95.7 cm³/mol. The Morgan fingerprint density at radius 3 is 1.93 bits per heavy atom. The number of ether oxygens (including phenoxy) is 3. The van der Waals surface area contributed by atoms with Crippen LogP contribution in [0, 0.1) is 0 Å². The van der Waals surface area contributed by atoms with Gasteiger partial charge in [0.25, 0.3) is 5.79 Å². The van der Waals surface area contributed by atoms with Crippen molar-refractivity contribution < 1.29 is 37.0 Å². The minimum Gasteiger partial charge on any atom is -0.452 e. The summed E-state index contributed by atoms with van der Waals surface area (Å²) in [6.07, 6.45) is -7.11. The van der Waals surface area contributed by atoms with Crippen molar-refractivity contribution >= 4 is 12.1 Å². The van der Waals surface area contributed by atoms with Crippen LogP contribution in [-0.4, -0.2) is 35.2 Å². The van der Waals surface area contributed by atoms with Crippen molar-refractivity contribution in [2.45, 2.75) is 71.1 Å². The average molecular weight is 405 g/mol. The molecule has 0 spiro atoms. The van der Waals surface area contributed by atoms with Gasteiger partial charge < -0.3 is 19.5 Å². The Bertz CT molecular complexity index is 683. The molecule has 0 radical (unpaired) electrons. The zero-order valence-electron chi connectivity index (χ0n) is 16.8. The van der Waals surface area contributed by atoms with Crippen LogP contribution in [0.1, 0.15) is 48.0 Å². The highest BCUT2D eigenvalue weighted by Crippen LogP contribution is 2.33. The molecule has 0 saturated carbocycles. The second kappa shape index (κ2) is 8.28. The van der Waals surface area contributed by atoms with Crippen molar-refractivity contribution in [1.82, 2.24) is 5.32 Å². The first-order valence-corrected chi connectivity index (χ1v) is 8.57. The number of para-hydroxylation sites is 1. The lowest BCUT2D eigenvalue weighted by atomic mass is 10.1. The Kier molecular flexibility index (Phi) is 6.98. The number of halogens is 3. The number of benzene rings is 1. The van der Waals surface area contributed by atoms with Crippen LogP contribution in [0.4, 0.5) is 18.0 Å². The molecule has 28 heavy (non-hydrogen) atoms. The number of carbonyl (C=O) groups is 2. The Balaban J connectivity index is 2.96. The highest BCUT2D eigenvalue weighted by atomic mass is 19.4. The lowest BCUT2D eigenvalue weighted by Gasteiger charge is -2.34. The van der Waals surface area contributed by atoms with E-state index in [0.717, 1.165) is 6.92 Å². The SMILES string of the molecule is CC(C)(C)OC(=O)NC(C)(C)C(=O)OC(C)(CC(F)(F)F)Oc1ccccc1. The topological polar surface area (TPSA) is 73.9 Å². The molecule has 0 bridgehead atoms. The Labute approximate surface area is 162 Å². The van der Waals surface area contributed by atoms with Crippen molar-refractivity contribution in [2.24, 2.45) is 0 Å². The summed E-state index contributed by atoms with van der Waals surface area (Å²) in [4.78, 5) is 24.4. The van der Waals surface area contributed by atoms with Gasteiger partial charge in [0.05, 0.1) is 0 Å². The minimum absolute atomic E-state index is 0.0972. The van der Waals surface area contributed by atoms with E-state index in [1.807, 2.05) is 0 Å². The minimum atomic E-state index is -4.66. The first kappa shape index (κ1) is 23.6. The molecule has 0 fully saturated rings. The number of nitrogens with one attached hydrogen (secondary N) is 1. The number of hydrogen-bond donors (Lipinski definition) is 1. The third-order valence-electron chi connectivity index (χ3n) is 3.23. The summed E-state index contributed by atoms with van der Waals surface area (Å²) >= 11 is 0. The zero-order chi connectivity index (χ0) is 21.8. The van der Waals surface area contributed by atoms with Gasteiger partial charge in [0.1, 0.15) is 23.3 Å². The first-order valence-electron chi connectivity index (χ1n) is 8.57. The van der Waals surface area contributed by atoms with Crippen LogP contribution in [0.15, 0.2) is 30.3 Å². The number of esters is 1. The molecule has 0 heterocycles. The van der Waals surface area contributed by atoms with Gasteiger partial charge in [-0.3, -0.25) is 0 Å². The zero-order valence-corrected chi connectivity index (χ0v) is 16.8. The summed E-state index contributed by atoms with van der Waals surface area (Å²) in [7, 11) is 0. The largest absolute Gasteiger partial charge is 0.452 e. The van der Waals surface area contributed by atoms with E-state index in [0.29, 0.717) is 0 Å². The third kappa shape index (κ3) is 8.49. The van der Waals surface area contributed by atoms with Gasteiger partial charge in [-0.1, -0.05) is 18.2 Å². The molecule has 1 unspecified atom stereocenters. The predicted octanol–water partition coefficient (Wildman–Crippen LogP) is 4.58. The highest BCUT2D eigenvalue weighted by Gasteiger charge is 2.47. The quantitative estimate of drug-likeness (QED) is 0.554. The van der Waals surface area contributed by atoms with E-state index in [1.54, 1.807) is 39.0 Å². The van der Waals surface area contributed by atoms with Crippen LogP contribution in [-0.2, 0) is 14.3 Å². The second-order valence-corrected chi connectivity index (χ2v) is 7.98. The van der Waals surface area contributed by atoms with Gasteiger partial charge in [0.15, 0.2) is 0 Å². The molecular formula is C19H26F3NO5. The maximum Gasteiger partial charge on any atom is 0.408 e. The molecule has 1 aromatic rings. The molecule has 158 valence electrons. The summed E-state index contributed by atoms with van der Waals surface area (Å²) < 4.78 is 54.6. The van der Waals surface area contributed by atoms with Crippen molar-refractivity contribution in [3.8, 4) is 5.75 Å². The van der Waals surface area contributed by atoms with E-state index in [4.69, 9.17) is 14.2 Å². The van der Waals surface area contributed by atoms with E-state index in [9.17, 15) is 22.8 Å². The fourth-order valence-corrected chi connectivity index (χ4v) is 2.13. The van der Waals surface area contributed by atoms with Crippen molar-refractivity contribution in [3.05, 3.63) is 30.3 Å². The van der Waals surface area contributed by atoms with E-state index in [2.05, 4.69) is 5.32 Å². The summed E-state index contributed by atoms with van der Waals surface area (Å²) in [5.74, 6) is -3.34. The van der Waals surface area contributed by atoms with Gasteiger partial charge in [-0.25, -0.2) is 9.59 Å². The van der Waals surface area contributed by atoms with Crippen LogP contribution < -0.4 is 10.1 Å². The fourth-order valence-electron chi connectivity index (χ4n) is 2.13. The number of hydrogen-bond acceptors (Lipinski definition) is 5. The summed E-state index contributed by atoms with van der Waals surface area (Å²) in [6.45, 7) is 8.48. The molecule has 6 nitrogen and oxygen atoms in total. The normalized spacial score (nSPS) is 14.6. The molecular weight excluding hydrogens is 379 g/mol. The van der Waals surface area contributed by atoms with Crippen LogP contribution in [0.3, 0.4) is 0 Å². The van der Waals surface area contributed by atoms with E-state index in [-0.39, 0.29) is 5.75 Å². The van der Waals surface area contributed by atoms with Gasteiger partial charge in [0.2, 0.25) is 0 Å². The molecule has 9 heteroatoms. The molecule has 1 N–H and O–H groups in total. The molecule has 0 aliphatic carbocycles. The summed E-state index contributed by atoms with van der Waals surface area (Å²) in [6, 6.07) is 7.67. The Morgan fingerprint density at radius 2 is 1.46 bits per heavy atom. The molecule has 0 aromatic heterocycles. The number of carbonyl (C=O) groups excluding carboxylic acids is 2. The lowest BCUT2D eigenvalue weighted by molar-refractivity contribution is -0.243. The van der Waals surface area contributed by atoms with E-state index in [1.165, 1.54) is 26.0 Å². The van der Waals surface area contributed by atoms with Crippen LogP contribution >= 0.6 is 0 Å². The summed E-state index contributed by atoms with van der Waals surface area (Å²) in [5, 5.41) is 2.29. The Hall–Kier alpha value is -2.45. The van der Waals surface area contributed by atoms with Crippen molar-refractivity contribution in [2.75, 3.05) is 0 Å². The van der Waals surface area contributed by atoms with E-state index >= 15 is 0 Å². The van der Waals surface area contributed by atoms with Gasteiger partial charge in [-0.05, 0) is 46.8 Å². The fraction of sp³-hybridized carbons (Fsp3) is 0.579. The lowest BCUT2D eigenvalue weighted by Crippen LogP contribution is -2.55. The molecule has 0 aliphatic rings. The summed E-state index contributed by atoms with van der Waals surface area (Å²) in [5.41, 5.74) is -2.47. The smallest absolute Gasteiger partial charge is 0.408 e. The average Bonchev–Trinajstić information content (AvgIpc) is 2.42. The van der Waals surface area contributed by atoms with Crippen molar-refractivity contribution in [1.29, 1.82) is 0 Å². The van der Waals surface area contributed by atoms with Gasteiger partial charge in [0, 0.05) is 6.92 Å². The molecule has 1 aromatic carbocycles. The number of rotatable bonds is 6. The highest BCUT2D eigenvalue weighted by molar-refractivity contribution is 5.85. The number of amides is 1. The molecule has 1 atom stereocenters. The van der Waals surface area contributed by atoms with Gasteiger partial charge in [-0.15, -0.1) is 0 Å². The molecule has 1 amide bonds. The van der Waals surface area contributed by atoms with Gasteiger partial charge >= 0.3 is 18.2 Å². The number of alkyl carbamates (subject to hydrolysis) is 1. The second-order valence-electron chi connectivity index (χ2n) is 7.98. The van der Waals surface area contributed by atoms with Crippen molar-refractivity contribution in [3.63, 3.8) is 0 Å². The standard InChI is InChI=1S/C19H26F3NO5/c1-16(2,3)28-15(25)23-17(4,5)14(24)27-18(6,12-19(20,21)22)26-13-10-8-7-9-11-13/h7-11H,12H2,1-6H3,(H,23,25). The monoisotopic (exact) mass is 405 g/mol.